The summed E-state index contributed by atoms with van der Waals surface area (Å²) in [6.07, 6.45) is 2.14. The minimum absolute atomic E-state index is 0.0632. The van der Waals surface area contributed by atoms with Crippen LogP contribution in [0.5, 0.6) is 0 Å². The van der Waals surface area contributed by atoms with E-state index in [0.29, 0.717) is 12.5 Å². The van der Waals surface area contributed by atoms with E-state index in [1.54, 1.807) is 22.6 Å². The van der Waals surface area contributed by atoms with Gasteiger partial charge in [-0.3, -0.25) is 10.1 Å². The van der Waals surface area contributed by atoms with Gasteiger partial charge in [-0.15, -0.1) is 0 Å². The predicted molar refractivity (Wildman–Crippen MR) is 89.1 cm³/mol. The Morgan fingerprint density at radius 1 is 1.48 bits per heavy atom. The van der Waals surface area contributed by atoms with E-state index in [4.69, 9.17) is 0 Å². The minimum atomic E-state index is -0.469. The zero-order valence-electron chi connectivity index (χ0n) is 11.9. The van der Waals surface area contributed by atoms with Crippen LogP contribution in [-0.2, 0) is 0 Å². The molecule has 2 rings (SSSR count). The quantitative estimate of drug-likeness (QED) is 0.461. The van der Waals surface area contributed by atoms with Crippen LogP contribution in [0.15, 0.2) is 12.1 Å². The third-order valence-electron chi connectivity index (χ3n) is 3.97. The van der Waals surface area contributed by atoms with Crippen LogP contribution in [0.25, 0.3) is 0 Å². The lowest BCUT2D eigenvalue weighted by Gasteiger charge is -2.31. The SMILES string of the molecule is CCN1CCC(CNc2cc(F)c(I)cc2[N+](=O)[O-])CC1. The average molecular weight is 407 g/mol. The van der Waals surface area contributed by atoms with Gasteiger partial charge < -0.3 is 10.2 Å². The Morgan fingerprint density at radius 2 is 2.14 bits per heavy atom. The molecule has 1 heterocycles. The summed E-state index contributed by atoms with van der Waals surface area (Å²) in [5.41, 5.74) is 0.211. The summed E-state index contributed by atoms with van der Waals surface area (Å²) in [6.45, 7) is 5.99. The highest BCUT2D eigenvalue weighted by molar-refractivity contribution is 14.1. The van der Waals surface area contributed by atoms with Gasteiger partial charge in [-0.2, -0.15) is 0 Å². The third kappa shape index (κ3) is 4.26. The van der Waals surface area contributed by atoms with Crippen molar-refractivity contribution < 1.29 is 9.31 Å². The Labute approximate surface area is 137 Å². The summed E-state index contributed by atoms with van der Waals surface area (Å²) in [5.74, 6) is 0.0549. The molecule has 1 fully saturated rings. The molecule has 5 nitrogen and oxygen atoms in total. The van der Waals surface area contributed by atoms with E-state index in [0.717, 1.165) is 32.5 Å². The van der Waals surface area contributed by atoms with Crippen LogP contribution in [0.2, 0.25) is 0 Å². The fraction of sp³-hybridized carbons (Fsp3) is 0.571. The molecule has 21 heavy (non-hydrogen) atoms. The molecule has 1 aromatic rings. The van der Waals surface area contributed by atoms with Crippen LogP contribution in [-0.4, -0.2) is 36.0 Å². The molecule has 7 heteroatoms. The number of hydrogen-bond acceptors (Lipinski definition) is 4. The number of piperidine rings is 1. The van der Waals surface area contributed by atoms with Crippen molar-refractivity contribution >= 4 is 34.0 Å². The van der Waals surface area contributed by atoms with Gasteiger partial charge in [0.2, 0.25) is 0 Å². The van der Waals surface area contributed by atoms with Crippen LogP contribution in [0.4, 0.5) is 15.8 Å². The van der Waals surface area contributed by atoms with Crippen LogP contribution in [0, 0.1) is 25.4 Å². The lowest BCUT2D eigenvalue weighted by molar-refractivity contribution is -0.384. The molecule has 0 atom stereocenters. The Kier molecular flexibility index (Phi) is 5.74. The smallest absolute Gasteiger partial charge is 0.293 e. The van der Waals surface area contributed by atoms with Crippen molar-refractivity contribution in [1.82, 2.24) is 4.90 Å². The molecule has 1 aromatic carbocycles. The molecule has 1 N–H and O–H groups in total. The average Bonchev–Trinajstić information content (AvgIpc) is 2.48. The molecular weight excluding hydrogens is 388 g/mol. The first-order chi connectivity index (χ1) is 10.0. The number of benzene rings is 1. The Hall–Kier alpha value is -0.960. The standard InChI is InChI=1S/C14H19FIN3O2/c1-2-18-5-3-10(4-6-18)9-17-13-7-11(15)12(16)8-14(13)19(20)21/h7-8,10,17H,2-6,9H2,1H3. The first-order valence-corrected chi connectivity index (χ1v) is 8.18. The molecular formula is C14H19FIN3O2. The van der Waals surface area contributed by atoms with Gasteiger partial charge in [-0.05, 0) is 61.0 Å². The Bertz CT molecular complexity index is 519. The van der Waals surface area contributed by atoms with Gasteiger partial charge >= 0.3 is 0 Å². The lowest BCUT2D eigenvalue weighted by Crippen LogP contribution is -2.35. The monoisotopic (exact) mass is 407 g/mol. The molecule has 0 unspecified atom stereocenters. The molecule has 1 aliphatic rings. The summed E-state index contributed by atoms with van der Waals surface area (Å²) in [4.78, 5) is 13.0. The Morgan fingerprint density at radius 3 is 2.71 bits per heavy atom. The van der Waals surface area contributed by atoms with Gasteiger partial charge in [-0.25, -0.2) is 4.39 Å². The van der Waals surface area contributed by atoms with Gasteiger partial charge in [-0.1, -0.05) is 6.92 Å². The van der Waals surface area contributed by atoms with E-state index in [-0.39, 0.29) is 14.9 Å². The van der Waals surface area contributed by atoms with E-state index >= 15 is 0 Å². The lowest BCUT2D eigenvalue weighted by atomic mass is 9.96. The van der Waals surface area contributed by atoms with E-state index in [9.17, 15) is 14.5 Å². The number of nitro groups is 1. The third-order valence-corrected chi connectivity index (χ3v) is 4.80. The van der Waals surface area contributed by atoms with Crippen LogP contribution in [0.1, 0.15) is 19.8 Å². The van der Waals surface area contributed by atoms with Crippen LogP contribution in [0.3, 0.4) is 0 Å². The van der Waals surface area contributed by atoms with Crippen molar-refractivity contribution in [1.29, 1.82) is 0 Å². The first-order valence-electron chi connectivity index (χ1n) is 7.11. The summed E-state index contributed by atoms with van der Waals surface area (Å²) >= 11 is 1.77. The molecule has 0 aliphatic carbocycles. The zero-order chi connectivity index (χ0) is 15.4. The van der Waals surface area contributed by atoms with E-state index in [2.05, 4.69) is 17.1 Å². The van der Waals surface area contributed by atoms with E-state index < -0.39 is 10.7 Å². The number of hydrogen-bond donors (Lipinski definition) is 1. The van der Waals surface area contributed by atoms with Crippen molar-refractivity contribution in [2.24, 2.45) is 5.92 Å². The second kappa shape index (κ2) is 7.35. The largest absolute Gasteiger partial charge is 0.379 e. The molecule has 0 aromatic heterocycles. The van der Waals surface area contributed by atoms with Crippen molar-refractivity contribution in [2.75, 3.05) is 31.5 Å². The highest BCUT2D eigenvalue weighted by atomic mass is 127. The van der Waals surface area contributed by atoms with Gasteiger partial charge in [0.1, 0.15) is 11.5 Å². The normalized spacial score (nSPS) is 16.9. The minimum Gasteiger partial charge on any atom is -0.379 e. The second-order valence-electron chi connectivity index (χ2n) is 5.30. The van der Waals surface area contributed by atoms with Gasteiger partial charge in [0, 0.05) is 18.7 Å². The summed E-state index contributed by atoms with van der Waals surface area (Å²) < 4.78 is 13.9. The molecule has 1 saturated heterocycles. The van der Waals surface area contributed by atoms with Crippen LogP contribution < -0.4 is 5.32 Å². The molecule has 1 aliphatic heterocycles. The highest BCUT2D eigenvalue weighted by Gasteiger charge is 2.21. The molecule has 0 radical (unpaired) electrons. The van der Waals surface area contributed by atoms with Crippen molar-refractivity contribution in [3.8, 4) is 0 Å². The van der Waals surface area contributed by atoms with Gasteiger partial charge in [0.05, 0.1) is 8.49 Å². The fourth-order valence-corrected chi connectivity index (χ4v) is 3.04. The maximum Gasteiger partial charge on any atom is 0.293 e. The number of nitrogens with one attached hydrogen (secondary N) is 1. The van der Waals surface area contributed by atoms with Crippen molar-refractivity contribution in [2.45, 2.75) is 19.8 Å². The van der Waals surface area contributed by atoms with E-state index in [1.807, 2.05) is 0 Å². The van der Waals surface area contributed by atoms with Gasteiger partial charge in [0.25, 0.3) is 5.69 Å². The predicted octanol–water partition coefficient (Wildman–Crippen LogP) is 3.48. The molecule has 116 valence electrons. The number of likely N-dealkylation sites (tertiary alicyclic amines) is 1. The van der Waals surface area contributed by atoms with Crippen molar-refractivity contribution in [3.63, 3.8) is 0 Å². The first kappa shape index (κ1) is 16.4. The highest BCUT2D eigenvalue weighted by Crippen LogP contribution is 2.29. The van der Waals surface area contributed by atoms with Gasteiger partial charge in [0.15, 0.2) is 0 Å². The summed E-state index contributed by atoms with van der Waals surface area (Å²) in [5, 5.41) is 14.1. The molecule has 0 spiro atoms. The number of halogens is 2. The molecule has 0 saturated carbocycles. The maximum atomic E-state index is 13.6. The number of rotatable bonds is 5. The number of anilines is 1. The maximum absolute atomic E-state index is 13.6. The van der Waals surface area contributed by atoms with Crippen LogP contribution >= 0.6 is 22.6 Å². The fourth-order valence-electron chi connectivity index (χ4n) is 2.59. The summed E-state index contributed by atoms with van der Waals surface area (Å²) in [6, 6.07) is 2.50. The summed E-state index contributed by atoms with van der Waals surface area (Å²) in [7, 11) is 0. The number of nitro benzene ring substituents is 1. The number of nitrogens with zero attached hydrogens (tertiary/aromatic N) is 2. The molecule has 0 amide bonds. The Balaban J connectivity index is 2.00. The topological polar surface area (TPSA) is 58.4 Å². The van der Waals surface area contributed by atoms with E-state index in [1.165, 1.54) is 12.1 Å². The van der Waals surface area contributed by atoms with Crippen molar-refractivity contribution in [3.05, 3.63) is 31.6 Å². The molecule has 0 bridgehead atoms. The zero-order valence-corrected chi connectivity index (χ0v) is 14.1. The second-order valence-corrected chi connectivity index (χ2v) is 6.46.